The van der Waals surface area contributed by atoms with Crippen LogP contribution >= 0.6 is 39.1 Å². The number of piperazine rings is 1. The van der Waals surface area contributed by atoms with E-state index in [1.54, 1.807) is 23.1 Å². The molecule has 1 N–H and O–H groups in total. The van der Waals surface area contributed by atoms with Crippen LogP contribution in [0.4, 0.5) is 21.9 Å². The minimum absolute atomic E-state index is 0.202. The average Bonchev–Trinajstić information content (AvgIpc) is 3.11. The molecule has 0 radical (unpaired) electrons. The van der Waals surface area contributed by atoms with Gasteiger partial charge in [-0.1, -0.05) is 29.3 Å². The SMILES string of the molecule is C[C@@H]1CN(c2cc3c(cc2Br)CCN3C(=O)Nc2cccc(Cl)c2Cl)C[C@H](C)N1C. The molecule has 5 nitrogen and oxygen atoms in total. The van der Waals surface area contributed by atoms with Crippen LogP contribution in [0.3, 0.4) is 0 Å². The van der Waals surface area contributed by atoms with Gasteiger partial charge in [0.1, 0.15) is 0 Å². The number of halogens is 3. The monoisotopic (exact) mass is 510 g/mol. The second kappa shape index (κ2) is 8.58. The summed E-state index contributed by atoms with van der Waals surface area (Å²) in [4.78, 5) is 19.6. The summed E-state index contributed by atoms with van der Waals surface area (Å²) < 4.78 is 1.07. The molecule has 2 aromatic rings. The van der Waals surface area contributed by atoms with E-state index in [0.717, 1.165) is 40.9 Å². The number of urea groups is 1. The van der Waals surface area contributed by atoms with E-state index in [0.29, 0.717) is 34.4 Å². The van der Waals surface area contributed by atoms with E-state index < -0.39 is 0 Å². The van der Waals surface area contributed by atoms with Crippen molar-refractivity contribution in [2.45, 2.75) is 32.4 Å². The molecule has 1 fully saturated rings. The van der Waals surface area contributed by atoms with E-state index in [-0.39, 0.29) is 6.03 Å². The van der Waals surface area contributed by atoms with Gasteiger partial charge in [-0.3, -0.25) is 9.80 Å². The van der Waals surface area contributed by atoms with Crippen molar-refractivity contribution in [2.75, 3.05) is 41.8 Å². The second-order valence-corrected chi connectivity index (χ2v) is 9.77. The molecular formula is C22H25BrCl2N4O. The third-order valence-corrected chi connectivity index (χ3v) is 7.64. The highest BCUT2D eigenvalue weighted by Crippen LogP contribution is 2.39. The first-order chi connectivity index (χ1) is 14.3. The van der Waals surface area contributed by atoms with Crippen LogP contribution < -0.4 is 15.1 Å². The Morgan fingerprint density at radius 1 is 1.13 bits per heavy atom. The standard InChI is InChI=1S/C22H25BrCl2N4O/c1-13-11-28(12-14(2)27(13)3)20-10-19-15(9-16(20)23)7-8-29(19)22(30)26-18-6-4-5-17(24)21(18)25/h4-6,9-10,13-14H,7-8,11-12H2,1-3H3,(H,26,30)/t13-,14+. The molecule has 2 amide bonds. The van der Waals surface area contributed by atoms with E-state index in [1.165, 1.54) is 0 Å². The van der Waals surface area contributed by atoms with Gasteiger partial charge in [0, 0.05) is 36.2 Å². The number of amides is 2. The number of rotatable bonds is 2. The van der Waals surface area contributed by atoms with Gasteiger partial charge in [0.2, 0.25) is 0 Å². The molecule has 1 saturated heterocycles. The van der Waals surface area contributed by atoms with Gasteiger partial charge < -0.3 is 10.2 Å². The molecule has 30 heavy (non-hydrogen) atoms. The molecule has 160 valence electrons. The molecule has 0 bridgehead atoms. The van der Waals surface area contributed by atoms with Crippen LogP contribution in [-0.4, -0.2) is 49.7 Å². The zero-order valence-corrected chi connectivity index (χ0v) is 20.4. The Hall–Kier alpha value is -1.47. The number of hydrogen-bond acceptors (Lipinski definition) is 3. The number of anilines is 3. The van der Waals surface area contributed by atoms with E-state index in [1.807, 2.05) is 0 Å². The minimum atomic E-state index is -0.202. The van der Waals surface area contributed by atoms with Crippen LogP contribution in [0.2, 0.25) is 10.0 Å². The molecule has 0 aliphatic carbocycles. The molecule has 2 atom stereocenters. The maximum absolute atomic E-state index is 13.0. The Balaban J connectivity index is 1.60. The van der Waals surface area contributed by atoms with Gasteiger partial charge in [-0.2, -0.15) is 0 Å². The van der Waals surface area contributed by atoms with E-state index >= 15 is 0 Å². The van der Waals surface area contributed by atoms with Gasteiger partial charge in [0.25, 0.3) is 0 Å². The predicted molar refractivity (Wildman–Crippen MR) is 130 cm³/mol. The summed E-state index contributed by atoms with van der Waals surface area (Å²) in [6.45, 7) is 7.02. The van der Waals surface area contributed by atoms with E-state index in [9.17, 15) is 4.79 Å². The predicted octanol–water partition coefficient (Wildman–Crippen LogP) is 5.88. The van der Waals surface area contributed by atoms with Crippen LogP contribution in [-0.2, 0) is 6.42 Å². The lowest BCUT2D eigenvalue weighted by molar-refractivity contribution is 0.170. The number of carbonyl (C=O) groups excluding carboxylic acids is 1. The van der Waals surface area contributed by atoms with Gasteiger partial charge in [-0.25, -0.2) is 4.79 Å². The molecule has 4 rings (SSSR count). The Kier molecular flexibility index (Phi) is 6.22. The minimum Gasteiger partial charge on any atom is -0.367 e. The van der Waals surface area contributed by atoms with Crippen molar-refractivity contribution in [1.82, 2.24) is 4.90 Å². The summed E-state index contributed by atoms with van der Waals surface area (Å²) in [6.07, 6.45) is 0.820. The topological polar surface area (TPSA) is 38.8 Å². The number of nitrogens with zero attached hydrogens (tertiary/aromatic N) is 3. The summed E-state index contributed by atoms with van der Waals surface area (Å²) in [5.74, 6) is 0. The third-order valence-electron chi connectivity index (χ3n) is 6.18. The lowest BCUT2D eigenvalue weighted by Gasteiger charge is -2.44. The second-order valence-electron chi connectivity index (χ2n) is 8.13. The molecular weight excluding hydrogens is 487 g/mol. The van der Waals surface area contributed by atoms with Crippen molar-refractivity contribution < 1.29 is 4.79 Å². The van der Waals surface area contributed by atoms with Crippen LogP contribution in [0.5, 0.6) is 0 Å². The highest BCUT2D eigenvalue weighted by Gasteiger charge is 2.31. The molecule has 2 heterocycles. The van der Waals surface area contributed by atoms with Gasteiger partial charge in [0.15, 0.2) is 0 Å². The molecule has 2 aromatic carbocycles. The third kappa shape index (κ3) is 4.03. The molecule has 2 aliphatic heterocycles. The van der Waals surface area contributed by atoms with Gasteiger partial charge in [-0.15, -0.1) is 0 Å². The molecule has 0 unspecified atom stereocenters. The smallest absolute Gasteiger partial charge is 0.326 e. The Morgan fingerprint density at radius 2 is 1.83 bits per heavy atom. The van der Waals surface area contributed by atoms with Crippen LogP contribution in [0.25, 0.3) is 0 Å². The fourth-order valence-corrected chi connectivity index (χ4v) is 5.22. The maximum Gasteiger partial charge on any atom is 0.326 e. The number of carbonyl (C=O) groups is 1. The van der Waals surface area contributed by atoms with Gasteiger partial charge in [-0.05, 0) is 73.1 Å². The fraction of sp³-hybridized carbons (Fsp3) is 0.409. The van der Waals surface area contributed by atoms with Crippen molar-refractivity contribution in [1.29, 1.82) is 0 Å². The molecule has 0 spiro atoms. The average molecular weight is 512 g/mol. The number of hydrogen-bond donors (Lipinski definition) is 1. The first kappa shape index (κ1) is 21.8. The van der Waals surface area contributed by atoms with Crippen molar-refractivity contribution in [3.05, 3.63) is 50.4 Å². The molecule has 2 aliphatic rings. The molecule has 0 saturated carbocycles. The van der Waals surface area contributed by atoms with Crippen molar-refractivity contribution in [3.8, 4) is 0 Å². The normalized spacial score (nSPS) is 21.7. The first-order valence-corrected chi connectivity index (χ1v) is 11.6. The Morgan fingerprint density at radius 3 is 2.53 bits per heavy atom. The lowest BCUT2D eigenvalue weighted by Crippen LogP contribution is -2.55. The summed E-state index contributed by atoms with van der Waals surface area (Å²) in [7, 11) is 2.18. The van der Waals surface area contributed by atoms with E-state index in [4.69, 9.17) is 23.2 Å². The van der Waals surface area contributed by atoms with Crippen LogP contribution in [0.15, 0.2) is 34.8 Å². The number of likely N-dealkylation sites (N-methyl/N-ethyl adjacent to an activating group) is 1. The maximum atomic E-state index is 13.0. The zero-order valence-electron chi connectivity index (χ0n) is 17.3. The molecule has 8 heteroatoms. The Bertz CT molecular complexity index is 974. The van der Waals surface area contributed by atoms with Crippen LogP contribution in [0, 0.1) is 0 Å². The van der Waals surface area contributed by atoms with Gasteiger partial charge >= 0.3 is 6.03 Å². The summed E-state index contributed by atoms with van der Waals surface area (Å²) in [5, 5.41) is 3.67. The first-order valence-electron chi connectivity index (χ1n) is 10.1. The summed E-state index contributed by atoms with van der Waals surface area (Å²) >= 11 is 16.1. The Labute approximate surface area is 196 Å². The number of benzene rings is 2. The van der Waals surface area contributed by atoms with Crippen LogP contribution in [0.1, 0.15) is 19.4 Å². The highest BCUT2D eigenvalue weighted by molar-refractivity contribution is 9.10. The van der Waals surface area contributed by atoms with E-state index in [2.05, 4.69) is 64.1 Å². The molecule has 0 aromatic heterocycles. The van der Waals surface area contributed by atoms with Gasteiger partial charge in [0.05, 0.1) is 27.1 Å². The summed E-state index contributed by atoms with van der Waals surface area (Å²) in [6, 6.07) is 10.2. The fourth-order valence-electron chi connectivity index (χ4n) is 4.23. The van der Waals surface area contributed by atoms with Crippen molar-refractivity contribution in [3.63, 3.8) is 0 Å². The lowest BCUT2D eigenvalue weighted by atomic mass is 10.1. The largest absolute Gasteiger partial charge is 0.367 e. The van der Waals surface area contributed by atoms with Crippen molar-refractivity contribution in [2.24, 2.45) is 0 Å². The number of nitrogens with one attached hydrogen (secondary N) is 1. The summed E-state index contributed by atoms with van der Waals surface area (Å²) in [5.41, 5.74) is 3.75. The number of fused-ring (bicyclic) bond motifs is 1. The zero-order chi connectivity index (χ0) is 21.6. The highest BCUT2D eigenvalue weighted by atomic mass is 79.9. The quantitative estimate of drug-likeness (QED) is 0.547. The van der Waals surface area contributed by atoms with Crippen molar-refractivity contribution >= 4 is 62.2 Å².